The number of hydrogen-bond acceptors (Lipinski definition) is 7. The van der Waals surface area contributed by atoms with Gasteiger partial charge in [0.2, 0.25) is 12.5 Å². The van der Waals surface area contributed by atoms with Crippen LogP contribution < -0.4 is 14.5 Å². The molecule has 9 nitrogen and oxygen atoms in total. The molecular weight excluding hydrogens is 562 g/mol. The molecule has 2 fully saturated rings. The lowest BCUT2D eigenvalue weighted by Gasteiger charge is -2.41. The normalized spacial score (nSPS) is 19.2. The minimum absolute atomic E-state index is 0.0150. The fourth-order valence-electron chi connectivity index (χ4n) is 7.09. The standard InChI is InChI=1S/C36H45N7O2/c1-6-29(23-40(5)27-14-10-15-27)45-36-38-31-24-41(32-16-9-13-26-12-8-11-25(3)34(26)32)18-17-30(31)35(39-36)42-19-20-43(33(44)7-2)28(22-42)21-37-4/h7-9,11-13,16,27-29H,2,6,10,14-15,17-24H2,1,3,5H3/t28-,29-/m0/s1. The summed E-state index contributed by atoms with van der Waals surface area (Å²) in [6.07, 6.45) is 6.80. The van der Waals surface area contributed by atoms with E-state index in [2.05, 4.69) is 83.4 Å². The molecular formula is C36H45N7O2. The molecule has 3 aromatic rings. The summed E-state index contributed by atoms with van der Waals surface area (Å²) >= 11 is 0. The number of likely N-dealkylation sites (N-methyl/N-ethyl adjacent to an activating group) is 1. The highest BCUT2D eigenvalue weighted by Gasteiger charge is 2.35. The summed E-state index contributed by atoms with van der Waals surface area (Å²) in [5, 5.41) is 2.52. The lowest BCUT2D eigenvalue weighted by atomic mass is 9.91. The van der Waals surface area contributed by atoms with Crippen molar-refractivity contribution < 1.29 is 9.53 Å². The molecule has 9 heteroatoms. The number of rotatable bonds is 10. The van der Waals surface area contributed by atoms with Crippen LogP contribution in [0.25, 0.3) is 15.6 Å². The van der Waals surface area contributed by atoms with Gasteiger partial charge in [0.15, 0.2) is 0 Å². The second kappa shape index (κ2) is 13.5. The van der Waals surface area contributed by atoms with Crippen molar-refractivity contribution in [3.63, 3.8) is 0 Å². The van der Waals surface area contributed by atoms with Crippen LogP contribution in [0.5, 0.6) is 6.01 Å². The Labute approximate surface area is 267 Å². The van der Waals surface area contributed by atoms with Crippen molar-refractivity contribution in [2.75, 3.05) is 56.1 Å². The van der Waals surface area contributed by atoms with E-state index in [1.807, 2.05) is 0 Å². The van der Waals surface area contributed by atoms with Crippen molar-refractivity contribution in [3.05, 3.63) is 77.3 Å². The molecule has 6 rings (SSSR count). The highest BCUT2D eigenvalue weighted by Crippen LogP contribution is 2.36. The highest BCUT2D eigenvalue weighted by atomic mass is 16.5. The topological polar surface area (TPSA) is 69.4 Å². The van der Waals surface area contributed by atoms with Crippen molar-refractivity contribution in [1.29, 1.82) is 0 Å². The summed E-state index contributed by atoms with van der Waals surface area (Å²) in [6.45, 7) is 19.9. The Morgan fingerprint density at radius 3 is 2.69 bits per heavy atom. The molecule has 1 saturated carbocycles. The zero-order valence-electron chi connectivity index (χ0n) is 26.9. The Morgan fingerprint density at radius 2 is 1.98 bits per heavy atom. The number of carbonyl (C=O) groups is 1. The number of carbonyl (C=O) groups excluding carboxylic acids is 1. The van der Waals surface area contributed by atoms with E-state index in [1.165, 1.54) is 47.4 Å². The molecule has 236 valence electrons. The van der Waals surface area contributed by atoms with Crippen LogP contribution in [-0.4, -0.2) is 90.2 Å². The Hall–Kier alpha value is -4.16. The molecule has 0 bridgehead atoms. The second-order valence-electron chi connectivity index (χ2n) is 12.7. The third kappa shape index (κ3) is 6.34. The molecule has 45 heavy (non-hydrogen) atoms. The maximum Gasteiger partial charge on any atom is 0.318 e. The Balaban J connectivity index is 1.34. The summed E-state index contributed by atoms with van der Waals surface area (Å²) in [5.41, 5.74) is 4.61. The number of piperazine rings is 1. The molecule has 2 aromatic carbocycles. The monoisotopic (exact) mass is 607 g/mol. The molecule has 1 amide bonds. The second-order valence-corrected chi connectivity index (χ2v) is 12.7. The van der Waals surface area contributed by atoms with E-state index >= 15 is 0 Å². The van der Waals surface area contributed by atoms with Crippen LogP contribution in [0.15, 0.2) is 49.1 Å². The van der Waals surface area contributed by atoms with Crippen molar-refractivity contribution in [2.24, 2.45) is 0 Å². The number of aryl methyl sites for hydroxylation is 1. The largest absolute Gasteiger partial charge is 0.459 e. The summed E-state index contributed by atoms with van der Waals surface area (Å²) in [6, 6.07) is 13.8. The van der Waals surface area contributed by atoms with Gasteiger partial charge in [-0.3, -0.25) is 9.69 Å². The molecule has 0 spiro atoms. The molecule has 3 heterocycles. The molecule has 0 radical (unpaired) electrons. The maximum atomic E-state index is 12.6. The molecule has 0 N–H and O–H groups in total. The molecule has 0 unspecified atom stereocenters. The van der Waals surface area contributed by atoms with Crippen LogP contribution >= 0.6 is 0 Å². The van der Waals surface area contributed by atoms with E-state index < -0.39 is 0 Å². The van der Waals surface area contributed by atoms with Gasteiger partial charge in [0, 0.05) is 55.4 Å². The van der Waals surface area contributed by atoms with Crippen LogP contribution in [-0.2, 0) is 17.8 Å². The molecule has 2 atom stereocenters. The Morgan fingerprint density at radius 1 is 1.18 bits per heavy atom. The predicted octanol–water partition coefficient (Wildman–Crippen LogP) is 5.27. The van der Waals surface area contributed by atoms with Gasteiger partial charge in [0.25, 0.3) is 0 Å². The van der Waals surface area contributed by atoms with Crippen LogP contribution in [0.4, 0.5) is 11.5 Å². The minimum Gasteiger partial charge on any atom is -0.459 e. The maximum absolute atomic E-state index is 12.6. The van der Waals surface area contributed by atoms with Crippen LogP contribution in [0.2, 0.25) is 0 Å². The number of aromatic nitrogens is 2. The number of anilines is 2. The Kier molecular flexibility index (Phi) is 9.22. The summed E-state index contributed by atoms with van der Waals surface area (Å²) in [5.74, 6) is 0.756. The smallest absolute Gasteiger partial charge is 0.318 e. The predicted molar refractivity (Wildman–Crippen MR) is 180 cm³/mol. The van der Waals surface area contributed by atoms with Gasteiger partial charge in [-0.15, -0.1) is 0 Å². The van der Waals surface area contributed by atoms with E-state index in [1.54, 1.807) is 4.90 Å². The first-order valence-corrected chi connectivity index (χ1v) is 16.4. The van der Waals surface area contributed by atoms with Crippen LogP contribution in [0.3, 0.4) is 0 Å². The number of amides is 1. The van der Waals surface area contributed by atoms with Crippen molar-refractivity contribution in [1.82, 2.24) is 19.8 Å². The first-order chi connectivity index (χ1) is 21.9. The number of nitrogens with zero attached hydrogens (tertiary/aromatic N) is 7. The fourth-order valence-corrected chi connectivity index (χ4v) is 7.09. The van der Waals surface area contributed by atoms with Crippen LogP contribution in [0, 0.1) is 13.5 Å². The first-order valence-electron chi connectivity index (χ1n) is 16.4. The number of benzene rings is 2. The lowest BCUT2D eigenvalue weighted by molar-refractivity contribution is -0.128. The van der Waals surface area contributed by atoms with Crippen molar-refractivity contribution in [2.45, 2.75) is 70.7 Å². The van der Waals surface area contributed by atoms with Gasteiger partial charge < -0.3 is 24.3 Å². The van der Waals surface area contributed by atoms with Crippen molar-refractivity contribution >= 4 is 28.2 Å². The quantitative estimate of drug-likeness (QED) is 0.230. The summed E-state index contributed by atoms with van der Waals surface area (Å²) < 4.78 is 6.60. The zero-order chi connectivity index (χ0) is 31.5. The van der Waals surface area contributed by atoms with Gasteiger partial charge in [0.05, 0.1) is 12.2 Å². The third-order valence-corrected chi connectivity index (χ3v) is 9.91. The molecule has 1 aliphatic carbocycles. The van der Waals surface area contributed by atoms with Gasteiger partial charge in [-0.25, -0.2) is 6.57 Å². The average Bonchev–Trinajstić information content (AvgIpc) is 3.02. The summed E-state index contributed by atoms with van der Waals surface area (Å²) in [4.78, 5) is 35.3. The van der Waals surface area contributed by atoms with E-state index in [0.29, 0.717) is 38.2 Å². The number of hydrogen-bond donors (Lipinski definition) is 0. The van der Waals surface area contributed by atoms with E-state index in [-0.39, 0.29) is 24.6 Å². The van der Waals surface area contributed by atoms with E-state index in [9.17, 15) is 4.79 Å². The van der Waals surface area contributed by atoms with Crippen molar-refractivity contribution in [3.8, 4) is 6.01 Å². The lowest BCUT2D eigenvalue weighted by Crippen LogP contribution is -2.56. The van der Waals surface area contributed by atoms with Gasteiger partial charge in [-0.2, -0.15) is 9.97 Å². The third-order valence-electron chi connectivity index (χ3n) is 9.91. The fraction of sp³-hybridized carbons (Fsp3) is 0.500. The average molecular weight is 608 g/mol. The van der Waals surface area contributed by atoms with E-state index in [0.717, 1.165) is 43.0 Å². The summed E-state index contributed by atoms with van der Waals surface area (Å²) in [7, 11) is 2.19. The van der Waals surface area contributed by atoms with Gasteiger partial charge in [0.1, 0.15) is 18.0 Å². The van der Waals surface area contributed by atoms with E-state index in [4.69, 9.17) is 21.3 Å². The molecule has 1 aromatic heterocycles. The molecule has 2 aliphatic heterocycles. The van der Waals surface area contributed by atoms with Gasteiger partial charge in [-0.1, -0.05) is 50.3 Å². The zero-order valence-corrected chi connectivity index (χ0v) is 26.9. The number of fused-ring (bicyclic) bond motifs is 2. The first kappa shape index (κ1) is 30.8. The minimum atomic E-state index is -0.227. The van der Waals surface area contributed by atoms with Gasteiger partial charge in [-0.05, 0) is 62.7 Å². The molecule has 3 aliphatic rings. The number of ether oxygens (including phenoxy) is 1. The SMILES string of the molecule is [C-]#[N+]C[C@H]1CN(c2nc(O[C@@H](CC)CN(C)C3CCC3)nc3c2CCN(c2cccc4cccc(C)c24)C3)CCN1C(=O)C=C. The Bertz CT molecular complexity index is 1590. The van der Waals surface area contributed by atoms with Crippen LogP contribution in [0.1, 0.15) is 49.4 Å². The highest BCUT2D eigenvalue weighted by molar-refractivity contribution is 5.97. The van der Waals surface area contributed by atoms with Gasteiger partial charge >= 0.3 is 6.01 Å². The molecule has 1 saturated heterocycles.